The highest BCUT2D eigenvalue weighted by Crippen LogP contribution is 2.22. The minimum atomic E-state index is -0.519. The number of halogens is 1. The Morgan fingerprint density at radius 3 is 2.16 bits per heavy atom. The van der Waals surface area contributed by atoms with Crippen LogP contribution in [0.15, 0.2) is 24.3 Å². The zero-order valence-electron chi connectivity index (χ0n) is 18.0. The van der Waals surface area contributed by atoms with Crippen LogP contribution in [0.25, 0.3) is 0 Å². The first kappa shape index (κ1) is 21.6. The minimum absolute atomic E-state index is 0.0625. The molecule has 3 aliphatic heterocycles. The van der Waals surface area contributed by atoms with Crippen molar-refractivity contribution in [3.05, 3.63) is 35.6 Å². The standard InChI is InChI=1S/C23H31FN4O3/c24-20-9-2-1-8-19(20)22(30)26-14-6-13-25(15-16-26)21(29)18-7-5-12-28(17-18)23(31)27-10-3-4-11-27/h1-2,8-9,18H,3-7,10-17H2. The Kier molecular flexibility index (Phi) is 6.73. The van der Waals surface area contributed by atoms with Gasteiger partial charge in [0.05, 0.1) is 11.5 Å². The van der Waals surface area contributed by atoms with Crippen molar-refractivity contribution in [3.63, 3.8) is 0 Å². The van der Waals surface area contributed by atoms with Crippen LogP contribution in [0.1, 0.15) is 42.5 Å². The molecule has 4 rings (SSSR count). The Morgan fingerprint density at radius 1 is 0.742 bits per heavy atom. The lowest BCUT2D eigenvalue weighted by atomic mass is 9.96. The van der Waals surface area contributed by atoms with Crippen molar-refractivity contribution in [1.29, 1.82) is 0 Å². The number of urea groups is 1. The summed E-state index contributed by atoms with van der Waals surface area (Å²) in [6.07, 6.45) is 4.39. The third-order valence-electron chi connectivity index (χ3n) is 6.62. The van der Waals surface area contributed by atoms with Crippen LogP contribution >= 0.6 is 0 Å². The maximum Gasteiger partial charge on any atom is 0.320 e. The van der Waals surface area contributed by atoms with Crippen LogP contribution in [0, 0.1) is 11.7 Å². The molecule has 3 fully saturated rings. The molecule has 0 bridgehead atoms. The zero-order valence-corrected chi connectivity index (χ0v) is 18.0. The van der Waals surface area contributed by atoms with Crippen LogP contribution in [0.3, 0.4) is 0 Å². The van der Waals surface area contributed by atoms with Gasteiger partial charge in [0, 0.05) is 52.4 Å². The summed E-state index contributed by atoms with van der Waals surface area (Å²) in [4.78, 5) is 45.9. The van der Waals surface area contributed by atoms with Gasteiger partial charge in [0.2, 0.25) is 5.91 Å². The fourth-order valence-corrected chi connectivity index (χ4v) is 4.87. The number of hydrogen-bond donors (Lipinski definition) is 0. The molecule has 1 atom stereocenters. The second kappa shape index (κ2) is 9.66. The summed E-state index contributed by atoms with van der Waals surface area (Å²) in [5, 5.41) is 0. The van der Waals surface area contributed by atoms with Crippen LogP contribution in [0.5, 0.6) is 0 Å². The number of nitrogens with zero attached hydrogens (tertiary/aromatic N) is 4. The molecule has 0 N–H and O–H groups in total. The molecule has 0 spiro atoms. The number of benzene rings is 1. The van der Waals surface area contributed by atoms with Gasteiger partial charge in [-0.2, -0.15) is 0 Å². The van der Waals surface area contributed by atoms with Gasteiger partial charge in [0.15, 0.2) is 0 Å². The van der Waals surface area contributed by atoms with E-state index in [-0.39, 0.29) is 29.3 Å². The van der Waals surface area contributed by atoms with Crippen LogP contribution in [0.2, 0.25) is 0 Å². The molecule has 0 aromatic heterocycles. The van der Waals surface area contributed by atoms with Crippen LogP contribution < -0.4 is 0 Å². The first-order valence-corrected chi connectivity index (χ1v) is 11.4. The molecule has 0 radical (unpaired) electrons. The highest BCUT2D eigenvalue weighted by molar-refractivity contribution is 5.94. The number of likely N-dealkylation sites (tertiary alicyclic amines) is 2. The van der Waals surface area contributed by atoms with Crippen molar-refractivity contribution in [3.8, 4) is 0 Å². The number of carbonyl (C=O) groups excluding carboxylic acids is 3. The summed E-state index contributed by atoms with van der Waals surface area (Å²) in [7, 11) is 0. The van der Waals surface area contributed by atoms with Crippen molar-refractivity contribution in [1.82, 2.24) is 19.6 Å². The monoisotopic (exact) mass is 430 g/mol. The van der Waals surface area contributed by atoms with Crippen LogP contribution in [-0.4, -0.2) is 89.8 Å². The van der Waals surface area contributed by atoms with Gasteiger partial charge in [-0.15, -0.1) is 0 Å². The van der Waals surface area contributed by atoms with E-state index in [1.165, 1.54) is 12.1 Å². The van der Waals surface area contributed by atoms with Gasteiger partial charge >= 0.3 is 6.03 Å². The summed E-state index contributed by atoms with van der Waals surface area (Å²) in [6.45, 7) is 4.72. The lowest BCUT2D eigenvalue weighted by Gasteiger charge is -2.36. The van der Waals surface area contributed by atoms with Gasteiger partial charge in [-0.1, -0.05) is 12.1 Å². The summed E-state index contributed by atoms with van der Waals surface area (Å²) >= 11 is 0. The molecule has 3 saturated heterocycles. The molecule has 168 valence electrons. The van der Waals surface area contributed by atoms with Crippen LogP contribution in [-0.2, 0) is 4.79 Å². The Morgan fingerprint density at radius 2 is 1.39 bits per heavy atom. The fourth-order valence-electron chi connectivity index (χ4n) is 4.87. The highest BCUT2D eigenvalue weighted by Gasteiger charge is 2.34. The Balaban J connectivity index is 1.34. The Bertz CT molecular complexity index is 827. The quantitative estimate of drug-likeness (QED) is 0.724. The molecule has 8 heteroatoms. The molecular formula is C23H31FN4O3. The topological polar surface area (TPSA) is 64.2 Å². The molecule has 3 heterocycles. The summed E-state index contributed by atoms with van der Waals surface area (Å²) in [5.41, 5.74) is 0.0747. The van der Waals surface area contributed by atoms with Gasteiger partial charge in [-0.3, -0.25) is 9.59 Å². The van der Waals surface area contributed by atoms with Crippen LogP contribution in [0.4, 0.5) is 9.18 Å². The Labute approximate surface area is 182 Å². The minimum Gasteiger partial charge on any atom is -0.341 e. The fraction of sp³-hybridized carbons (Fsp3) is 0.609. The molecular weight excluding hydrogens is 399 g/mol. The third-order valence-corrected chi connectivity index (χ3v) is 6.62. The molecule has 3 aliphatic rings. The maximum absolute atomic E-state index is 14.0. The number of amides is 4. The van der Waals surface area contributed by atoms with E-state index < -0.39 is 5.82 Å². The van der Waals surface area contributed by atoms with E-state index in [0.29, 0.717) is 45.7 Å². The van der Waals surface area contributed by atoms with E-state index in [1.54, 1.807) is 17.0 Å². The average Bonchev–Trinajstić information content (AvgIpc) is 3.23. The second-order valence-corrected chi connectivity index (χ2v) is 8.71. The van der Waals surface area contributed by atoms with E-state index in [9.17, 15) is 18.8 Å². The molecule has 1 unspecified atom stereocenters. The summed E-state index contributed by atoms with van der Waals surface area (Å²) in [5.74, 6) is -0.963. The molecule has 0 saturated carbocycles. The van der Waals surface area contributed by atoms with E-state index in [2.05, 4.69) is 0 Å². The van der Waals surface area contributed by atoms with E-state index in [0.717, 1.165) is 38.8 Å². The van der Waals surface area contributed by atoms with E-state index in [1.807, 2.05) is 14.7 Å². The van der Waals surface area contributed by atoms with Gasteiger partial charge in [0.25, 0.3) is 5.91 Å². The predicted octanol–water partition coefficient (Wildman–Crippen LogP) is 2.43. The number of piperidine rings is 1. The molecule has 4 amide bonds. The molecule has 31 heavy (non-hydrogen) atoms. The molecule has 1 aromatic rings. The van der Waals surface area contributed by atoms with Crippen molar-refractivity contribution in [2.24, 2.45) is 5.92 Å². The summed E-state index contributed by atoms with van der Waals surface area (Å²) in [6, 6.07) is 6.07. The smallest absolute Gasteiger partial charge is 0.320 e. The number of carbonyl (C=O) groups is 3. The second-order valence-electron chi connectivity index (χ2n) is 8.71. The lowest BCUT2D eigenvalue weighted by Crippen LogP contribution is -2.50. The third kappa shape index (κ3) is 4.83. The van der Waals surface area contributed by atoms with Gasteiger partial charge in [0.1, 0.15) is 5.82 Å². The Hall–Kier alpha value is -2.64. The van der Waals surface area contributed by atoms with Gasteiger partial charge < -0.3 is 19.6 Å². The van der Waals surface area contributed by atoms with Crippen molar-refractivity contribution >= 4 is 17.8 Å². The van der Waals surface area contributed by atoms with Crippen molar-refractivity contribution in [2.45, 2.75) is 32.1 Å². The largest absolute Gasteiger partial charge is 0.341 e. The van der Waals surface area contributed by atoms with Gasteiger partial charge in [-0.25, -0.2) is 9.18 Å². The SMILES string of the molecule is O=C(c1ccccc1F)N1CCCN(C(=O)C2CCCN(C(=O)N3CCCC3)C2)CC1. The van der Waals surface area contributed by atoms with Gasteiger partial charge in [-0.05, 0) is 44.2 Å². The predicted molar refractivity (Wildman–Crippen MR) is 114 cm³/mol. The van der Waals surface area contributed by atoms with Crippen molar-refractivity contribution in [2.75, 3.05) is 52.4 Å². The first-order valence-electron chi connectivity index (χ1n) is 11.4. The molecule has 1 aromatic carbocycles. The number of hydrogen-bond acceptors (Lipinski definition) is 3. The number of rotatable bonds is 2. The van der Waals surface area contributed by atoms with Crippen molar-refractivity contribution < 1.29 is 18.8 Å². The van der Waals surface area contributed by atoms with E-state index in [4.69, 9.17) is 0 Å². The summed E-state index contributed by atoms with van der Waals surface area (Å²) < 4.78 is 14.0. The lowest BCUT2D eigenvalue weighted by molar-refractivity contribution is -0.136. The zero-order chi connectivity index (χ0) is 21.8. The normalized spacial score (nSPS) is 22.4. The molecule has 0 aliphatic carbocycles. The molecule has 7 nitrogen and oxygen atoms in total. The highest BCUT2D eigenvalue weighted by atomic mass is 19.1. The van der Waals surface area contributed by atoms with E-state index >= 15 is 0 Å². The average molecular weight is 431 g/mol. The maximum atomic E-state index is 14.0. The first-order chi connectivity index (χ1) is 15.0.